The highest BCUT2D eigenvalue weighted by molar-refractivity contribution is 6.23. The Bertz CT molecular complexity index is 2260. The van der Waals surface area contributed by atoms with E-state index < -0.39 is 29.7 Å². The quantitative estimate of drug-likeness (QED) is 0.288. The molecule has 8 rings (SSSR count). The van der Waals surface area contributed by atoms with Crippen molar-refractivity contribution >= 4 is 35.3 Å². The molecule has 16 nitrogen and oxygen atoms in total. The molecule has 16 heteroatoms. The normalized spacial score (nSPS) is 20.0. The number of hydrogen-bond donors (Lipinski definition) is 2. The van der Waals surface area contributed by atoms with Crippen LogP contribution in [0, 0.1) is 5.41 Å². The number of piperidine rings is 1. The number of nitrogens with zero attached hydrogens (tertiary/aromatic N) is 6. The molecule has 5 aliphatic rings. The minimum absolute atomic E-state index is 0.0762. The highest BCUT2D eigenvalue weighted by atomic mass is 16.5. The number of pyridine rings is 1. The molecule has 1 spiro atoms. The van der Waals surface area contributed by atoms with E-state index in [0.29, 0.717) is 49.7 Å². The second-order valence-electron chi connectivity index (χ2n) is 16.5. The number of fused-ring (bicyclic) bond motifs is 2. The zero-order valence-electron chi connectivity index (χ0n) is 33.7. The van der Waals surface area contributed by atoms with Crippen LogP contribution in [0.5, 0.6) is 11.5 Å². The lowest BCUT2D eigenvalue weighted by Gasteiger charge is -2.49. The Hall–Kier alpha value is -5.74. The van der Waals surface area contributed by atoms with Gasteiger partial charge in [0.1, 0.15) is 17.5 Å². The van der Waals surface area contributed by atoms with Crippen LogP contribution in [0.25, 0.3) is 11.1 Å². The summed E-state index contributed by atoms with van der Waals surface area (Å²) >= 11 is 0. The summed E-state index contributed by atoms with van der Waals surface area (Å²) in [5.74, 6) is -0.636. The minimum Gasteiger partial charge on any atom is -0.496 e. The Balaban J connectivity index is 0.853. The zero-order chi connectivity index (χ0) is 41.0. The van der Waals surface area contributed by atoms with Gasteiger partial charge in [-0.15, -0.1) is 0 Å². The van der Waals surface area contributed by atoms with Crippen molar-refractivity contribution in [3.05, 3.63) is 74.7 Å². The molecule has 0 aliphatic carbocycles. The Morgan fingerprint density at radius 2 is 1.64 bits per heavy atom. The molecule has 2 aromatic carbocycles. The number of hydrogen-bond acceptors (Lipinski definition) is 11. The van der Waals surface area contributed by atoms with Crippen LogP contribution in [0.1, 0.15) is 56.7 Å². The van der Waals surface area contributed by atoms with Crippen molar-refractivity contribution in [1.82, 2.24) is 34.8 Å². The van der Waals surface area contributed by atoms with Gasteiger partial charge in [0.25, 0.3) is 17.4 Å². The Labute approximate surface area is 336 Å². The number of carbonyl (C=O) groups is 5. The molecule has 0 radical (unpaired) electrons. The van der Waals surface area contributed by atoms with E-state index in [4.69, 9.17) is 9.47 Å². The van der Waals surface area contributed by atoms with Crippen LogP contribution in [0.15, 0.2) is 41.3 Å². The largest absolute Gasteiger partial charge is 0.496 e. The number of anilines is 1. The van der Waals surface area contributed by atoms with Crippen molar-refractivity contribution in [3.63, 3.8) is 0 Å². The van der Waals surface area contributed by atoms with E-state index in [1.165, 1.54) is 0 Å². The molecule has 306 valence electrons. The van der Waals surface area contributed by atoms with Crippen LogP contribution < -0.4 is 30.6 Å². The van der Waals surface area contributed by atoms with Crippen molar-refractivity contribution in [3.8, 4) is 22.6 Å². The first-order chi connectivity index (χ1) is 27.8. The average molecular weight is 795 g/mol. The number of rotatable bonds is 10. The average Bonchev–Trinajstić information content (AvgIpc) is 3.73. The molecule has 6 heterocycles. The molecule has 3 aromatic rings. The van der Waals surface area contributed by atoms with Crippen molar-refractivity contribution in [2.24, 2.45) is 12.5 Å². The second kappa shape index (κ2) is 15.2. The smallest absolute Gasteiger partial charge is 0.317 e. The number of amides is 6. The summed E-state index contributed by atoms with van der Waals surface area (Å²) in [5, 5.41) is 5.32. The predicted octanol–water partition coefficient (Wildman–Crippen LogP) is 1.81. The Morgan fingerprint density at radius 1 is 0.914 bits per heavy atom. The SMILES string of the molecule is COc1cc(-c2cn(C)c(=O)c3c2CCN(C(=O)NCCN2CCC4(C2)CN(c2ccc5c(c2)C(=O)N(C2CCC(=O)NC2=O)C5=O)C4)C3)cc(OC)c1CN(C)C. The van der Waals surface area contributed by atoms with Gasteiger partial charge in [0.05, 0.1) is 37.5 Å². The number of methoxy groups -OCH3 is 2. The predicted molar refractivity (Wildman–Crippen MR) is 214 cm³/mol. The first-order valence-corrected chi connectivity index (χ1v) is 19.8. The summed E-state index contributed by atoms with van der Waals surface area (Å²) in [7, 11) is 8.99. The zero-order valence-corrected chi connectivity index (χ0v) is 33.7. The summed E-state index contributed by atoms with van der Waals surface area (Å²) in [6, 6.07) is 8.03. The molecule has 2 N–H and O–H groups in total. The maximum Gasteiger partial charge on any atom is 0.317 e. The Kier molecular flexibility index (Phi) is 10.3. The molecule has 6 amide bonds. The third kappa shape index (κ3) is 6.97. The van der Waals surface area contributed by atoms with Crippen molar-refractivity contribution in [2.45, 2.75) is 44.8 Å². The summed E-state index contributed by atoms with van der Waals surface area (Å²) in [5.41, 5.74) is 5.66. The molecule has 1 atom stereocenters. The summed E-state index contributed by atoms with van der Waals surface area (Å²) < 4.78 is 13.1. The van der Waals surface area contributed by atoms with E-state index in [0.717, 1.165) is 65.4 Å². The van der Waals surface area contributed by atoms with Gasteiger partial charge >= 0.3 is 6.03 Å². The number of imide groups is 2. The van der Waals surface area contributed by atoms with Crippen LogP contribution in [0.4, 0.5) is 10.5 Å². The van der Waals surface area contributed by atoms with Gasteiger partial charge in [0.15, 0.2) is 0 Å². The number of urea groups is 1. The van der Waals surface area contributed by atoms with E-state index in [1.54, 1.807) is 42.9 Å². The summed E-state index contributed by atoms with van der Waals surface area (Å²) in [6.45, 7) is 5.90. The molecule has 3 saturated heterocycles. The van der Waals surface area contributed by atoms with Crippen LogP contribution in [0.3, 0.4) is 0 Å². The first-order valence-electron chi connectivity index (χ1n) is 19.8. The van der Waals surface area contributed by atoms with Gasteiger partial charge in [-0.25, -0.2) is 4.79 Å². The highest BCUT2D eigenvalue weighted by Gasteiger charge is 2.49. The topological polar surface area (TPSA) is 166 Å². The van der Waals surface area contributed by atoms with E-state index in [1.807, 2.05) is 38.5 Å². The molecule has 0 bridgehead atoms. The van der Waals surface area contributed by atoms with E-state index >= 15 is 0 Å². The van der Waals surface area contributed by atoms with Crippen LogP contribution in [0.2, 0.25) is 0 Å². The maximum atomic E-state index is 13.4. The fourth-order valence-electron chi connectivity index (χ4n) is 9.34. The van der Waals surface area contributed by atoms with Crippen molar-refractivity contribution < 1.29 is 33.4 Å². The molecule has 5 aliphatic heterocycles. The van der Waals surface area contributed by atoms with Crippen molar-refractivity contribution in [1.29, 1.82) is 0 Å². The summed E-state index contributed by atoms with van der Waals surface area (Å²) in [4.78, 5) is 86.7. The lowest BCUT2D eigenvalue weighted by Crippen LogP contribution is -2.58. The van der Waals surface area contributed by atoms with Gasteiger partial charge in [0.2, 0.25) is 11.8 Å². The lowest BCUT2D eigenvalue weighted by atomic mass is 9.78. The van der Waals surface area contributed by atoms with E-state index in [-0.39, 0.29) is 47.5 Å². The number of benzene rings is 2. The Morgan fingerprint density at radius 3 is 2.33 bits per heavy atom. The molecular weight excluding hydrogens is 745 g/mol. The third-order valence-electron chi connectivity index (χ3n) is 12.3. The van der Waals surface area contributed by atoms with Gasteiger partial charge in [-0.05, 0) is 81.4 Å². The molecule has 1 aromatic heterocycles. The van der Waals surface area contributed by atoms with Gasteiger partial charge in [-0.2, -0.15) is 0 Å². The fourth-order valence-corrected chi connectivity index (χ4v) is 9.34. The van der Waals surface area contributed by atoms with Crippen LogP contribution >= 0.6 is 0 Å². The van der Waals surface area contributed by atoms with E-state index in [2.05, 4.69) is 25.3 Å². The van der Waals surface area contributed by atoms with Crippen molar-refractivity contribution in [2.75, 3.05) is 79.0 Å². The van der Waals surface area contributed by atoms with Crippen LogP contribution in [-0.2, 0) is 36.1 Å². The second-order valence-corrected chi connectivity index (χ2v) is 16.5. The maximum absolute atomic E-state index is 13.4. The molecule has 0 saturated carbocycles. The number of ether oxygens (including phenoxy) is 2. The molecule has 3 fully saturated rings. The number of carbonyl (C=O) groups excluding carboxylic acids is 5. The van der Waals surface area contributed by atoms with Gasteiger partial charge in [-0.1, -0.05) is 0 Å². The standard InChI is InChI=1S/C42H50N8O8/c1-45(2)19-32-34(57-4)16-25(17-35(32)58-5)30-20-46(3)38(53)31-21-48(13-10-27(30)31)41(56)43-12-15-47-14-11-42(22-47)23-49(24-42)26-6-7-28-29(18-26)40(55)50(39(28)54)33-8-9-36(51)44-37(33)52/h6-7,16-18,20,33H,8-15,19,21-24H2,1-5H3,(H,43,56)(H,44,51,52). The highest BCUT2D eigenvalue weighted by Crippen LogP contribution is 2.43. The lowest BCUT2D eigenvalue weighted by molar-refractivity contribution is -0.136. The fraction of sp³-hybridized carbons (Fsp3) is 0.476. The monoisotopic (exact) mass is 794 g/mol. The first kappa shape index (κ1) is 39.1. The number of aryl methyl sites for hydroxylation is 1. The third-order valence-corrected chi connectivity index (χ3v) is 12.3. The van der Waals surface area contributed by atoms with Crippen LogP contribution in [-0.4, -0.2) is 134 Å². The number of likely N-dealkylation sites (tertiary alicyclic amines) is 1. The molecule has 1 unspecified atom stereocenters. The molecule has 58 heavy (non-hydrogen) atoms. The number of aromatic nitrogens is 1. The van der Waals surface area contributed by atoms with Gasteiger partial charge in [-0.3, -0.25) is 34.2 Å². The summed E-state index contributed by atoms with van der Waals surface area (Å²) in [6.07, 6.45) is 3.60. The van der Waals surface area contributed by atoms with Gasteiger partial charge < -0.3 is 39.0 Å². The van der Waals surface area contributed by atoms with Gasteiger partial charge in [0, 0.05) is 87.7 Å². The van der Waals surface area contributed by atoms with E-state index in [9.17, 15) is 28.8 Å². The molecular formula is C42H50N8O8. The minimum atomic E-state index is -0.993. The number of nitrogens with one attached hydrogen (secondary N) is 2.